The lowest BCUT2D eigenvalue weighted by Crippen LogP contribution is -2.49. The molecule has 2 heterocycles. The summed E-state index contributed by atoms with van der Waals surface area (Å²) >= 11 is 6.40. The quantitative estimate of drug-likeness (QED) is 0.219. The maximum absolute atomic E-state index is 13.0. The summed E-state index contributed by atoms with van der Waals surface area (Å²) in [5.74, 6) is 0.341. The standard InChI is InChI=1S/C36H43ClN4O6S/c1-23(24(2)48(44,45)35-38-14-5-15-39-35)16-33(42)40-19-27-7-8-28(27)20-41-21-36(13-4-6-25-17-29(37)10-11-30(25)36)22-47-32-12-9-26(18-31(32)41)34(43)46-3/h5,9-12,14-15,17-18,23-24,27-28H,4,6-8,13,16,19-22H2,1-3H3,(H,40,42)/t23-,24+,27+,28+,36?/m1/s1. The molecule has 2 aliphatic carbocycles. The average molecular weight is 695 g/mol. The number of nitrogens with one attached hydrogen (secondary N) is 1. The van der Waals surface area contributed by atoms with Crippen LogP contribution in [-0.4, -0.2) is 68.9 Å². The molecule has 10 nitrogen and oxygen atoms in total. The van der Waals surface area contributed by atoms with Crippen LogP contribution in [0.5, 0.6) is 5.75 Å². The van der Waals surface area contributed by atoms with E-state index in [9.17, 15) is 18.0 Å². The van der Waals surface area contributed by atoms with E-state index in [1.165, 1.54) is 30.6 Å². The topological polar surface area (TPSA) is 128 Å². The van der Waals surface area contributed by atoms with Crippen molar-refractivity contribution in [2.45, 2.75) is 68.2 Å². The van der Waals surface area contributed by atoms with Gasteiger partial charge in [0.25, 0.3) is 0 Å². The van der Waals surface area contributed by atoms with Gasteiger partial charge >= 0.3 is 5.97 Å². The molecule has 1 aromatic heterocycles. The molecule has 0 saturated heterocycles. The zero-order valence-corrected chi connectivity index (χ0v) is 29.2. The smallest absolute Gasteiger partial charge is 0.337 e. The highest BCUT2D eigenvalue weighted by Gasteiger charge is 2.43. The number of carbonyl (C=O) groups excluding carboxylic acids is 2. The van der Waals surface area contributed by atoms with Crippen LogP contribution in [-0.2, 0) is 31.2 Å². The summed E-state index contributed by atoms with van der Waals surface area (Å²) in [4.78, 5) is 35.8. The third-order valence-corrected chi connectivity index (χ3v) is 13.0. The third-order valence-electron chi connectivity index (χ3n) is 10.6. The van der Waals surface area contributed by atoms with Gasteiger partial charge in [-0.05, 0) is 104 Å². The van der Waals surface area contributed by atoms with Gasteiger partial charge in [-0.3, -0.25) is 4.79 Å². The van der Waals surface area contributed by atoms with Gasteiger partial charge in [-0.15, -0.1) is 0 Å². The molecule has 1 N–H and O–H groups in total. The van der Waals surface area contributed by atoms with Crippen LogP contribution >= 0.6 is 11.6 Å². The molecule has 1 fully saturated rings. The summed E-state index contributed by atoms with van der Waals surface area (Å²) in [6.45, 7) is 5.89. The van der Waals surface area contributed by atoms with Crippen LogP contribution in [0.3, 0.4) is 0 Å². The molecule has 1 amide bonds. The molecule has 3 aromatic rings. The Bertz CT molecular complexity index is 1770. The van der Waals surface area contributed by atoms with E-state index in [2.05, 4.69) is 32.3 Å². The molecule has 256 valence electrons. The number of hydrogen-bond acceptors (Lipinski definition) is 9. The molecule has 1 spiro atoms. The number of sulfone groups is 1. The van der Waals surface area contributed by atoms with Gasteiger partial charge in [-0.25, -0.2) is 23.2 Å². The first-order chi connectivity index (χ1) is 23.0. The zero-order valence-electron chi connectivity index (χ0n) is 27.7. The predicted octanol–water partition coefficient (Wildman–Crippen LogP) is 5.42. The monoisotopic (exact) mass is 694 g/mol. The molecule has 2 aromatic carbocycles. The van der Waals surface area contributed by atoms with Gasteiger partial charge in [0.1, 0.15) is 5.75 Å². The number of halogens is 1. The van der Waals surface area contributed by atoms with E-state index >= 15 is 0 Å². The summed E-state index contributed by atoms with van der Waals surface area (Å²) in [6.07, 6.45) is 7.88. The number of fused-ring (bicyclic) bond motifs is 3. The van der Waals surface area contributed by atoms with Crippen LogP contribution in [0.2, 0.25) is 5.02 Å². The lowest BCUT2D eigenvalue weighted by atomic mass is 9.69. The van der Waals surface area contributed by atoms with Gasteiger partial charge in [-0.1, -0.05) is 24.6 Å². The van der Waals surface area contributed by atoms with Gasteiger partial charge in [0.15, 0.2) is 0 Å². The summed E-state index contributed by atoms with van der Waals surface area (Å²) in [6, 6.07) is 13.2. The average Bonchev–Trinajstić information content (AvgIpc) is 3.23. The molecule has 1 saturated carbocycles. The Kier molecular flexibility index (Phi) is 9.99. The highest BCUT2D eigenvalue weighted by Crippen LogP contribution is 2.46. The van der Waals surface area contributed by atoms with E-state index in [0.29, 0.717) is 24.6 Å². The normalized spacial score (nSPS) is 23.0. The van der Waals surface area contributed by atoms with Crippen molar-refractivity contribution >= 4 is 39.0 Å². The fourth-order valence-electron chi connectivity index (χ4n) is 7.47. The number of carbonyl (C=O) groups is 2. The predicted molar refractivity (Wildman–Crippen MR) is 183 cm³/mol. The van der Waals surface area contributed by atoms with E-state index < -0.39 is 27.0 Å². The minimum absolute atomic E-state index is 0.0870. The minimum atomic E-state index is -3.76. The second kappa shape index (κ2) is 14.0. The van der Waals surface area contributed by atoms with E-state index in [-0.39, 0.29) is 28.8 Å². The molecule has 1 unspecified atom stereocenters. The summed E-state index contributed by atoms with van der Waals surface area (Å²) in [5, 5.41) is 2.79. The van der Waals surface area contributed by atoms with Gasteiger partial charge in [-0.2, -0.15) is 0 Å². The summed E-state index contributed by atoms with van der Waals surface area (Å²) in [7, 11) is -2.38. The number of anilines is 1. The van der Waals surface area contributed by atoms with Crippen LogP contribution in [0.4, 0.5) is 5.69 Å². The highest BCUT2D eigenvalue weighted by molar-refractivity contribution is 7.91. The fourth-order valence-corrected chi connectivity index (χ4v) is 9.12. The SMILES string of the molecule is COC(=O)c1ccc2c(c1)N(C[C@@H]1CC[C@H]1CNC(=O)C[C@@H](C)[C@H](C)S(=O)(=O)c1ncccn1)CC1(CCCc3cc(Cl)ccc31)CO2. The highest BCUT2D eigenvalue weighted by atomic mass is 35.5. The van der Waals surface area contributed by atoms with Crippen LogP contribution in [0.1, 0.15) is 67.4 Å². The van der Waals surface area contributed by atoms with Crippen molar-refractivity contribution in [2.75, 3.05) is 38.3 Å². The Morgan fingerprint density at radius 3 is 2.62 bits per heavy atom. The van der Waals surface area contributed by atoms with E-state index in [1.807, 2.05) is 18.2 Å². The number of aromatic nitrogens is 2. The molecule has 6 rings (SSSR count). The van der Waals surface area contributed by atoms with E-state index in [4.69, 9.17) is 21.1 Å². The van der Waals surface area contributed by atoms with Crippen molar-refractivity contribution in [3.05, 3.63) is 76.6 Å². The van der Waals surface area contributed by atoms with Crippen LogP contribution in [0, 0.1) is 17.8 Å². The van der Waals surface area contributed by atoms with Gasteiger partial charge in [0.05, 0.1) is 30.2 Å². The Labute approximate surface area is 287 Å². The minimum Gasteiger partial charge on any atom is -0.490 e. The van der Waals surface area contributed by atoms with Gasteiger partial charge in [0.2, 0.25) is 20.9 Å². The summed E-state index contributed by atoms with van der Waals surface area (Å²) < 4.78 is 37.6. The number of hydrogen-bond donors (Lipinski definition) is 1. The Morgan fingerprint density at radius 2 is 1.90 bits per heavy atom. The molecule has 1 aliphatic heterocycles. The number of amides is 1. The lowest BCUT2D eigenvalue weighted by molar-refractivity contribution is -0.122. The molecule has 5 atom stereocenters. The molecule has 3 aliphatic rings. The number of methoxy groups -OCH3 is 1. The van der Waals surface area contributed by atoms with Crippen molar-refractivity contribution in [3.8, 4) is 5.75 Å². The first-order valence-electron chi connectivity index (χ1n) is 16.7. The molecule has 0 bridgehead atoms. The first kappa shape index (κ1) is 34.2. The molecular formula is C36H43ClN4O6S. The largest absolute Gasteiger partial charge is 0.490 e. The van der Waals surface area contributed by atoms with Crippen molar-refractivity contribution in [1.82, 2.24) is 15.3 Å². The van der Waals surface area contributed by atoms with Crippen molar-refractivity contribution in [1.29, 1.82) is 0 Å². The Morgan fingerprint density at radius 1 is 1.12 bits per heavy atom. The second-order valence-electron chi connectivity index (χ2n) is 13.6. The molecular weight excluding hydrogens is 652 g/mol. The molecule has 0 radical (unpaired) electrons. The number of benzene rings is 2. The first-order valence-corrected chi connectivity index (χ1v) is 18.6. The Hall–Kier alpha value is -3.70. The van der Waals surface area contributed by atoms with Crippen molar-refractivity contribution in [3.63, 3.8) is 0 Å². The van der Waals surface area contributed by atoms with Crippen LogP contribution in [0.25, 0.3) is 0 Å². The van der Waals surface area contributed by atoms with Crippen LogP contribution < -0.4 is 15.0 Å². The number of rotatable bonds is 10. The third kappa shape index (κ3) is 6.89. The zero-order chi connectivity index (χ0) is 34.1. The maximum atomic E-state index is 13.0. The van der Waals surface area contributed by atoms with Crippen molar-refractivity contribution in [2.24, 2.45) is 17.8 Å². The number of nitrogens with zero attached hydrogens (tertiary/aromatic N) is 3. The number of aryl methyl sites for hydroxylation is 1. The summed E-state index contributed by atoms with van der Waals surface area (Å²) in [5.41, 5.74) is 3.63. The number of esters is 1. The lowest BCUT2D eigenvalue weighted by Gasteiger charge is -2.44. The van der Waals surface area contributed by atoms with Gasteiger partial charge in [0, 0.05) is 48.9 Å². The molecule has 48 heavy (non-hydrogen) atoms. The molecule has 12 heteroatoms. The second-order valence-corrected chi connectivity index (χ2v) is 16.3. The number of ether oxygens (including phenoxy) is 2. The van der Waals surface area contributed by atoms with E-state index in [0.717, 1.165) is 61.7 Å². The van der Waals surface area contributed by atoms with Crippen LogP contribution in [0.15, 0.2) is 60.0 Å². The van der Waals surface area contributed by atoms with Crippen molar-refractivity contribution < 1.29 is 27.5 Å². The Balaban J connectivity index is 1.16. The van der Waals surface area contributed by atoms with E-state index in [1.54, 1.807) is 26.0 Å². The van der Waals surface area contributed by atoms with Gasteiger partial charge < -0.3 is 19.7 Å². The fraction of sp³-hybridized carbons (Fsp3) is 0.500. The maximum Gasteiger partial charge on any atom is 0.337 e.